The van der Waals surface area contributed by atoms with Crippen molar-refractivity contribution in [1.82, 2.24) is 10.2 Å². The molecular weight excluding hydrogens is 156 g/mol. The summed E-state index contributed by atoms with van der Waals surface area (Å²) in [7, 11) is 2.21. The third-order valence-electron chi connectivity index (χ3n) is 2.57. The highest BCUT2D eigenvalue weighted by molar-refractivity contribution is 8.00. The van der Waals surface area contributed by atoms with Gasteiger partial charge in [0.05, 0.1) is 4.87 Å². The zero-order valence-electron chi connectivity index (χ0n) is 7.10. The lowest BCUT2D eigenvalue weighted by molar-refractivity contribution is 0.382. The maximum absolute atomic E-state index is 3.65. The largest absolute Gasteiger partial charge is 0.304 e. The smallest absolute Gasteiger partial charge is 0.0785 e. The van der Waals surface area contributed by atoms with Gasteiger partial charge in [0.25, 0.3) is 0 Å². The SMILES string of the molecule is CN1CCC2(C1)NCCCS2. The van der Waals surface area contributed by atoms with E-state index in [-0.39, 0.29) is 0 Å². The van der Waals surface area contributed by atoms with E-state index >= 15 is 0 Å². The Balaban J connectivity index is 1.98. The fraction of sp³-hybridized carbons (Fsp3) is 1.00. The average molecular weight is 172 g/mol. The van der Waals surface area contributed by atoms with Crippen LogP contribution in [0, 0.1) is 0 Å². The highest BCUT2D eigenvalue weighted by Gasteiger charge is 2.37. The monoisotopic (exact) mass is 172 g/mol. The molecule has 1 atom stereocenters. The van der Waals surface area contributed by atoms with Crippen LogP contribution in [-0.2, 0) is 0 Å². The van der Waals surface area contributed by atoms with Crippen LogP contribution >= 0.6 is 11.8 Å². The minimum Gasteiger partial charge on any atom is -0.304 e. The molecule has 2 heterocycles. The van der Waals surface area contributed by atoms with Crippen molar-refractivity contribution < 1.29 is 0 Å². The van der Waals surface area contributed by atoms with Crippen LogP contribution in [0.5, 0.6) is 0 Å². The summed E-state index contributed by atoms with van der Waals surface area (Å²) in [6.45, 7) is 3.72. The Morgan fingerprint density at radius 2 is 2.45 bits per heavy atom. The third kappa shape index (κ3) is 1.55. The van der Waals surface area contributed by atoms with Gasteiger partial charge in [-0.15, -0.1) is 11.8 Å². The van der Waals surface area contributed by atoms with E-state index in [0.29, 0.717) is 4.87 Å². The molecule has 0 aromatic carbocycles. The summed E-state index contributed by atoms with van der Waals surface area (Å²) in [4.78, 5) is 2.86. The van der Waals surface area contributed by atoms with Crippen molar-refractivity contribution in [3.8, 4) is 0 Å². The molecule has 0 aromatic rings. The molecule has 3 heteroatoms. The molecule has 2 aliphatic heterocycles. The lowest BCUT2D eigenvalue weighted by Crippen LogP contribution is -2.47. The number of rotatable bonds is 0. The van der Waals surface area contributed by atoms with Crippen molar-refractivity contribution in [2.45, 2.75) is 17.7 Å². The van der Waals surface area contributed by atoms with Crippen LogP contribution in [0.15, 0.2) is 0 Å². The molecular formula is C8H16N2S. The summed E-state index contributed by atoms with van der Waals surface area (Å²) >= 11 is 2.12. The Kier molecular flexibility index (Phi) is 2.12. The predicted octanol–water partition coefficient (Wildman–Crippen LogP) is 0.745. The average Bonchev–Trinajstić information content (AvgIpc) is 2.34. The number of nitrogens with zero attached hydrogens (tertiary/aromatic N) is 1. The molecule has 2 saturated heterocycles. The van der Waals surface area contributed by atoms with Crippen molar-refractivity contribution in [2.24, 2.45) is 0 Å². The first-order valence-corrected chi connectivity index (χ1v) is 5.37. The Labute approximate surface area is 72.7 Å². The lowest BCUT2D eigenvalue weighted by atomic mass is 10.2. The molecule has 2 nitrogen and oxygen atoms in total. The zero-order valence-corrected chi connectivity index (χ0v) is 7.91. The number of hydrogen-bond donors (Lipinski definition) is 1. The van der Waals surface area contributed by atoms with Gasteiger partial charge in [0.2, 0.25) is 0 Å². The van der Waals surface area contributed by atoms with E-state index < -0.39 is 0 Å². The van der Waals surface area contributed by atoms with Gasteiger partial charge in [0, 0.05) is 13.1 Å². The van der Waals surface area contributed by atoms with Crippen LogP contribution in [0.2, 0.25) is 0 Å². The lowest BCUT2D eigenvalue weighted by Gasteiger charge is -2.33. The quantitative estimate of drug-likeness (QED) is 0.580. The first kappa shape index (κ1) is 7.90. The molecule has 1 spiro atoms. The highest BCUT2D eigenvalue weighted by atomic mass is 32.2. The number of nitrogens with one attached hydrogen (secondary N) is 1. The highest BCUT2D eigenvalue weighted by Crippen LogP contribution is 2.34. The van der Waals surface area contributed by atoms with Gasteiger partial charge in [0.1, 0.15) is 0 Å². The van der Waals surface area contributed by atoms with Crippen molar-refractivity contribution in [2.75, 3.05) is 32.4 Å². The first-order chi connectivity index (χ1) is 5.31. The van der Waals surface area contributed by atoms with Crippen molar-refractivity contribution in [3.05, 3.63) is 0 Å². The van der Waals surface area contributed by atoms with Crippen LogP contribution in [0.1, 0.15) is 12.8 Å². The van der Waals surface area contributed by atoms with Gasteiger partial charge in [-0.3, -0.25) is 0 Å². The van der Waals surface area contributed by atoms with Crippen molar-refractivity contribution in [3.63, 3.8) is 0 Å². The number of likely N-dealkylation sites (N-methyl/N-ethyl adjacent to an activating group) is 1. The molecule has 0 radical (unpaired) electrons. The van der Waals surface area contributed by atoms with E-state index in [9.17, 15) is 0 Å². The minimum atomic E-state index is 0.438. The second-order valence-corrected chi connectivity index (χ2v) is 5.09. The predicted molar refractivity (Wildman–Crippen MR) is 49.9 cm³/mol. The molecule has 64 valence electrons. The van der Waals surface area contributed by atoms with Crippen LogP contribution in [0.4, 0.5) is 0 Å². The van der Waals surface area contributed by atoms with Gasteiger partial charge in [-0.05, 0) is 32.2 Å². The summed E-state index contributed by atoms with van der Waals surface area (Å²) in [5.74, 6) is 1.35. The molecule has 2 rings (SSSR count). The normalized spacial score (nSPS) is 40.1. The van der Waals surface area contributed by atoms with E-state index in [1.54, 1.807) is 0 Å². The summed E-state index contributed by atoms with van der Waals surface area (Å²) in [5, 5.41) is 3.65. The van der Waals surface area contributed by atoms with Gasteiger partial charge in [-0.25, -0.2) is 0 Å². The molecule has 1 N–H and O–H groups in total. The zero-order chi connectivity index (χ0) is 7.73. The minimum absolute atomic E-state index is 0.438. The topological polar surface area (TPSA) is 15.3 Å². The van der Waals surface area contributed by atoms with E-state index in [4.69, 9.17) is 0 Å². The molecule has 0 amide bonds. The van der Waals surface area contributed by atoms with Crippen LogP contribution < -0.4 is 5.32 Å². The molecule has 1 unspecified atom stereocenters. The van der Waals surface area contributed by atoms with Crippen molar-refractivity contribution in [1.29, 1.82) is 0 Å². The molecule has 0 aliphatic carbocycles. The van der Waals surface area contributed by atoms with Gasteiger partial charge < -0.3 is 10.2 Å². The molecule has 0 bridgehead atoms. The molecule has 11 heavy (non-hydrogen) atoms. The second-order valence-electron chi connectivity index (χ2n) is 3.61. The Morgan fingerprint density at radius 1 is 1.55 bits per heavy atom. The number of likely N-dealkylation sites (tertiary alicyclic amines) is 1. The van der Waals surface area contributed by atoms with Crippen LogP contribution in [0.3, 0.4) is 0 Å². The number of thioether (sulfide) groups is 1. The van der Waals surface area contributed by atoms with E-state index in [1.807, 2.05) is 0 Å². The molecule has 0 aromatic heterocycles. The van der Waals surface area contributed by atoms with Crippen LogP contribution in [-0.4, -0.2) is 42.2 Å². The van der Waals surface area contributed by atoms with Gasteiger partial charge in [-0.2, -0.15) is 0 Å². The van der Waals surface area contributed by atoms with Crippen molar-refractivity contribution >= 4 is 11.8 Å². The number of hydrogen-bond acceptors (Lipinski definition) is 3. The molecule has 2 aliphatic rings. The Morgan fingerprint density at radius 3 is 3.00 bits per heavy atom. The fourth-order valence-corrected chi connectivity index (χ4v) is 3.37. The van der Waals surface area contributed by atoms with Gasteiger partial charge >= 0.3 is 0 Å². The summed E-state index contributed by atoms with van der Waals surface area (Å²) in [6, 6.07) is 0. The van der Waals surface area contributed by atoms with Crippen LogP contribution in [0.25, 0.3) is 0 Å². The summed E-state index contributed by atoms with van der Waals surface area (Å²) < 4.78 is 0. The van der Waals surface area contributed by atoms with Gasteiger partial charge in [-0.1, -0.05) is 0 Å². The second kappa shape index (κ2) is 2.96. The van der Waals surface area contributed by atoms with Gasteiger partial charge in [0.15, 0.2) is 0 Å². The van der Waals surface area contributed by atoms with E-state index in [0.717, 1.165) is 0 Å². The van der Waals surface area contributed by atoms with E-state index in [2.05, 4.69) is 29.0 Å². The summed E-state index contributed by atoms with van der Waals surface area (Å²) in [6.07, 6.45) is 2.67. The fourth-order valence-electron chi connectivity index (χ4n) is 1.93. The molecule has 0 saturated carbocycles. The van der Waals surface area contributed by atoms with E-state index in [1.165, 1.54) is 38.2 Å². The Bertz CT molecular complexity index is 138. The first-order valence-electron chi connectivity index (χ1n) is 4.38. The third-order valence-corrected chi connectivity index (χ3v) is 4.09. The molecule has 2 fully saturated rings. The maximum Gasteiger partial charge on any atom is 0.0785 e. The standard InChI is InChI=1S/C8H16N2S/c1-10-5-3-8(7-10)9-4-2-6-11-8/h9H,2-7H2,1H3. The summed E-state index contributed by atoms with van der Waals surface area (Å²) in [5.41, 5.74) is 0. The Hall–Kier alpha value is 0.270. The maximum atomic E-state index is 3.65.